The fourth-order valence-corrected chi connectivity index (χ4v) is 3.36. The highest BCUT2D eigenvalue weighted by Crippen LogP contribution is 2.26. The van der Waals surface area contributed by atoms with E-state index in [4.69, 9.17) is 23.2 Å². The lowest BCUT2D eigenvalue weighted by Crippen LogP contribution is -2.38. The third-order valence-corrected chi connectivity index (χ3v) is 4.83. The average Bonchev–Trinajstić information content (AvgIpc) is 2.90. The van der Waals surface area contributed by atoms with Gasteiger partial charge in [0.1, 0.15) is 0 Å². The maximum absolute atomic E-state index is 6.27. The molecule has 0 saturated carbocycles. The number of nitrogens with zero attached hydrogens (tertiary/aromatic N) is 2. The Morgan fingerprint density at radius 1 is 1.39 bits per heavy atom. The molecule has 124 valence electrons. The largest absolute Gasteiger partial charge is 0.357 e. The van der Waals surface area contributed by atoms with Crippen molar-refractivity contribution in [3.8, 4) is 0 Å². The highest BCUT2D eigenvalue weighted by molar-refractivity contribution is 7.09. The van der Waals surface area contributed by atoms with Gasteiger partial charge < -0.3 is 10.6 Å². The molecule has 0 saturated heterocycles. The molecule has 0 aliphatic rings. The lowest BCUT2D eigenvalue weighted by atomic mass is 10.1. The predicted octanol–water partition coefficient (Wildman–Crippen LogP) is 4.57. The van der Waals surface area contributed by atoms with E-state index in [1.807, 2.05) is 38.4 Å². The molecule has 1 aromatic carbocycles. The van der Waals surface area contributed by atoms with Crippen LogP contribution in [0.3, 0.4) is 0 Å². The lowest BCUT2D eigenvalue weighted by molar-refractivity contribution is 0.687. The minimum atomic E-state index is 0.0140. The Bertz CT molecular complexity index is 684. The normalized spacial score (nSPS) is 13.0. The Labute approximate surface area is 151 Å². The summed E-state index contributed by atoms with van der Waals surface area (Å²) in [6.45, 7) is 7.47. The van der Waals surface area contributed by atoms with Gasteiger partial charge in [0.2, 0.25) is 0 Å². The second-order valence-corrected chi connectivity index (χ2v) is 6.87. The van der Waals surface area contributed by atoms with E-state index in [1.165, 1.54) is 4.88 Å². The van der Waals surface area contributed by atoms with Crippen LogP contribution in [-0.4, -0.2) is 17.5 Å². The van der Waals surface area contributed by atoms with Crippen LogP contribution in [0.25, 0.3) is 0 Å². The third-order valence-electron chi connectivity index (χ3n) is 3.35. The minimum Gasteiger partial charge on any atom is -0.357 e. The first-order valence-corrected chi connectivity index (χ1v) is 9.03. The summed E-state index contributed by atoms with van der Waals surface area (Å²) in [4.78, 5) is 10.0. The molecule has 2 rings (SSSR count). The first kappa shape index (κ1) is 18.0. The van der Waals surface area contributed by atoms with Crippen molar-refractivity contribution in [2.24, 2.45) is 4.99 Å². The predicted molar refractivity (Wildman–Crippen MR) is 99.7 cm³/mol. The number of hydrogen-bond donors (Lipinski definition) is 2. The molecule has 2 N–H and O–H groups in total. The van der Waals surface area contributed by atoms with E-state index in [1.54, 1.807) is 17.4 Å². The van der Waals surface area contributed by atoms with Crippen molar-refractivity contribution in [2.45, 2.75) is 33.4 Å². The summed E-state index contributed by atoms with van der Waals surface area (Å²) in [5, 5.41) is 7.90. The number of aromatic nitrogens is 1. The molecule has 2 aromatic rings. The molecule has 0 aliphatic heterocycles. The fourth-order valence-electron chi connectivity index (χ4n) is 2.08. The van der Waals surface area contributed by atoms with Gasteiger partial charge >= 0.3 is 0 Å². The summed E-state index contributed by atoms with van der Waals surface area (Å²) in [7, 11) is 0. The van der Waals surface area contributed by atoms with Gasteiger partial charge in [0.15, 0.2) is 5.96 Å². The van der Waals surface area contributed by atoms with Crippen molar-refractivity contribution in [1.29, 1.82) is 0 Å². The topological polar surface area (TPSA) is 49.3 Å². The van der Waals surface area contributed by atoms with Crippen LogP contribution in [0.1, 0.15) is 36.0 Å². The Balaban J connectivity index is 2.10. The molecule has 1 atom stereocenters. The molecule has 1 unspecified atom stereocenters. The van der Waals surface area contributed by atoms with Crippen LogP contribution in [0.15, 0.2) is 28.7 Å². The molecule has 0 spiro atoms. The number of guanidine groups is 1. The van der Waals surface area contributed by atoms with E-state index >= 15 is 0 Å². The Morgan fingerprint density at radius 2 is 2.17 bits per heavy atom. The molecular weight excluding hydrogens is 351 g/mol. The zero-order valence-corrected chi connectivity index (χ0v) is 15.7. The molecule has 23 heavy (non-hydrogen) atoms. The number of thiazole rings is 1. The van der Waals surface area contributed by atoms with Crippen LogP contribution >= 0.6 is 34.5 Å². The van der Waals surface area contributed by atoms with Crippen LogP contribution < -0.4 is 10.6 Å². The number of aryl methyl sites for hydroxylation is 1. The fraction of sp³-hybridized carbons (Fsp3) is 0.375. The van der Waals surface area contributed by atoms with Crippen LogP contribution in [0.4, 0.5) is 0 Å². The molecule has 0 bridgehead atoms. The van der Waals surface area contributed by atoms with Gasteiger partial charge in [-0.15, -0.1) is 11.3 Å². The van der Waals surface area contributed by atoms with E-state index in [0.717, 1.165) is 23.8 Å². The molecule has 0 radical (unpaired) electrons. The molecule has 7 heteroatoms. The van der Waals surface area contributed by atoms with Crippen LogP contribution in [0.2, 0.25) is 10.0 Å². The first-order valence-electron chi connectivity index (χ1n) is 7.40. The van der Waals surface area contributed by atoms with E-state index in [0.29, 0.717) is 16.6 Å². The quantitative estimate of drug-likeness (QED) is 0.598. The molecule has 4 nitrogen and oxygen atoms in total. The van der Waals surface area contributed by atoms with Crippen molar-refractivity contribution < 1.29 is 0 Å². The summed E-state index contributed by atoms with van der Waals surface area (Å²) >= 11 is 13.8. The second-order valence-electron chi connectivity index (χ2n) is 5.09. The summed E-state index contributed by atoms with van der Waals surface area (Å²) in [5.74, 6) is 0.749. The lowest BCUT2D eigenvalue weighted by Gasteiger charge is -2.19. The molecule has 1 aromatic heterocycles. The first-order chi connectivity index (χ1) is 11.0. The maximum atomic E-state index is 6.27. The van der Waals surface area contributed by atoms with Crippen LogP contribution in [0.5, 0.6) is 0 Å². The summed E-state index contributed by atoms with van der Waals surface area (Å²) in [6, 6.07) is 5.53. The third kappa shape index (κ3) is 5.09. The van der Waals surface area contributed by atoms with E-state index in [2.05, 4.69) is 20.6 Å². The van der Waals surface area contributed by atoms with Crippen molar-refractivity contribution in [1.82, 2.24) is 15.6 Å². The minimum absolute atomic E-state index is 0.0140. The SMILES string of the molecule is CCNC(=NCc1scnc1C)NC(C)c1ccc(Cl)cc1Cl. The molecule has 0 amide bonds. The van der Waals surface area contributed by atoms with Crippen molar-refractivity contribution in [2.75, 3.05) is 6.54 Å². The number of hydrogen-bond acceptors (Lipinski definition) is 3. The summed E-state index contributed by atoms with van der Waals surface area (Å²) < 4.78 is 0. The molecule has 0 fully saturated rings. The van der Waals surface area contributed by atoms with E-state index in [9.17, 15) is 0 Å². The maximum Gasteiger partial charge on any atom is 0.192 e. The van der Waals surface area contributed by atoms with Gasteiger partial charge in [0.25, 0.3) is 0 Å². The average molecular weight is 371 g/mol. The smallest absolute Gasteiger partial charge is 0.192 e. The standard InChI is InChI=1S/C16H20Cl2N4S/c1-4-19-16(20-8-15-11(3)21-9-23-15)22-10(2)13-6-5-12(17)7-14(13)18/h5-7,9-10H,4,8H2,1-3H3,(H2,19,20,22). The monoisotopic (exact) mass is 370 g/mol. The van der Waals surface area contributed by atoms with Crippen molar-refractivity contribution in [3.63, 3.8) is 0 Å². The number of aliphatic imine (C=N–C) groups is 1. The Morgan fingerprint density at radius 3 is 2.78 bits per heavy atom. The van der Waals surface area contributed by atoms with Crippen molar-refractivity contribution >= 4 is 40.5 Å². The van der Waals surface area contributed by atoms with Gasteiger partial charge in [-0.1, -0.05) is 29.3 Å². The zero-order chi connectivity index (χ0) is 16.8. The molecule has 1 heterocycles. The number of halogens is 2. The van der Waals surface area contributed by atoms with Gasteiger partial charge in [-0.25, -0.2) is 9.98 Å². The second kappa shape index (κ2) is 8.52. The zero-order valence-electron chi connectivity index (χ0n) is 13.4. The van der Waals surface area contributed by atoms with E-state index < -0.39 is 0 Å². The summed E-state index contributed by atoms with van der Waals surface area (Å²) in [6.07, 6.45) is 0. The molecular formula is C16H20Cl2N4S. The van der Waals surface area contributed by atoms with Gasteiger partial charge in [0, 0.05) is 21.5 Å². The number of rotatable bonds is 5. The van der Waals surface area contributed by atoms with Gasteiger partial charge in [-0.3, -0.25) is 0 Å². The Kier molecular flexibility index (Phi) is 6.69. The van der Waals surface area contributed by atoms with Gasteiger partial charge in [-0.05, 0) is 38.5 Å². The highest BCUT2D eigenvalue weighted by atomic mass is 35.5. The van der Waals surface area contributed by atoms with Crippen molar-refractivity contribution in [3.05, 3.63) is 49.9 Å². The summed E-state index contributed by atoms with van der Waals surface area (Å²) in [5.41, 5.74) is 3.86. The van der Waals surface area contributed by atoms with Gasteiger partial charge in [-0.2, -0.15) is 0 Å². The van der Waals surface area contributed by atoms with Crippen LogP contribution in [0, 0.1) is 6.92 Å². The molecule has 0 aliphatic carbocycles. The number of benzene rings is 1. The highest BCUT2D eigenvalue weighted by Gasteiger charge is 2.12. The number of nitrogens with one attached hydrogen (secondary N) is 2. The Hall–Kier alpha value is -1.30. The van der Waals surface area contributed by atoms with Crippen LogP contribution in [-0.2, 0) is 6.54 Å². The van der Waals surface area contributed by atoms with E-state index in [-0.39, 0.29) is 6.04 Å². The van der Waals surface area contributed by atoms with Gasteiger partial charge in [0.05, 0.1) is 23.8 Å².